The topological polar surface area (TPSA) is 38.1 Å². The Kier molecular flexibility index (Phi) is 5.63. The molecule has 0 aliphatic carbocycles. The second-order valence-corrected chi connectivity index (χ2v) is 7.95. The van der Waals surface area contributed by atoms with E-state index < -0.39 is 0 Å². The van der Waals surface area contributed by atoms with Gasteiger partial charge in [0.25, 0.3) is 0 Å². The molecular formula is C16H23BrN2OS. The van der Waals surface area contributed by atoms with Crippen LogP contribution in [0.3, 0.4) is 0 Å². The van der Waals surface area contributed by atoms with Crippen LogP contribution in [0.5, 0.6) is 0 Å². The van der Waals surface area contributed by atoms with Crippen LogP contribution in [0.4, 0.5) is 0 Å². The van der Waals surface area contributed by atoms with Crippen molar-refractivity contribution in [2.75, 3.05) is 6.54 Å². The largest absolute Gasteiger partial charge is 0.453 e. The molecule has 2 aromatic rings. The van der Waals surface area contributed by atoms with Crippen LogP contribution in [0.25, 0.3) is 0 Å². The molecule has 0 fully saturated rings. The summed E-state index contributed by atoms with van der Waals surface area (Å²) in [7, 11) is 0. The standard InChI is InChI=1S/C16H23BrN2OS/c1-5-8-18-11(12-6-7-14(17)20-12)9-15-19-13(10-21-15)16(2,3)4/h6-7,10-11,18H,5,8-9H2,1-4H3. The van der Waals surface area contributed by atoms with Gasteiger partial charge in [-0.05, 0) is 41.0 Å². The van der Waals surface area contributed by atoms with Gasteiger partial charge >= 0.3 is 0 Å². The summed E-state index contributed by atoms with van der Waals surface area (Å²) < 4.78 is 6.49. The molecule has 5 heteroatoms. The number of furan rings is 1. The lowest BCUT2D eigenvalue weighted by atomic mass is 9.93. The normalized spacial score (nSPS) is 13.6. The van der Waals surface area contributed by atoms with Crippen molar-refractivity contribution in [3.8, 4) is 0 Å². The third-order valence-electron chi connectivity index (χ3n) is 3.28. The van der Waals surface area contributed by atoms with E-state index in [4.69, 9.17) is 9.40 Å². The molecule has 1 atom stereocenters. The van der Waals surface area contributed by atoms with Crippen molar-refractivity contribution in [2.24, 2.45) is 0 Å². The molecule has 0 saturated carbocycles. The summed E-state index contributed by atoms with van der Waals surface area (Å²) in [4.78, 5) is 4.79. The van der Waals surface area contributed by atoms with Crippen molar-refractivity contribution < 1.29 is 4.42 Å². The number of thiazole rings is 1. The lowest BCUT2D eigenvalue weighted by Gasteiger charge is -2.16. The number of nitrogens with one attached hydrogen (secondary N) is 1. The van der Waals surface area contributed by atoms with Crippen molar-refractivity contribution in [3.05, 3.63) is 38.6 Å². The maximum atomic E-state index is 5.72. The number of hydrogen-bond donors (Lipinski definition) is 1. The number of rotatable bonds is 6. The van der Waals surface area contributed by atoms with Gasteiger partial charge < -0.3 is 9.73 Å². The highest BCUT2D eigenvalue weighted by atomic mass is 79.9. The van der Waals surface area contributed by atoms with Crippen LogP contribution in [-0.4, -0.2) is 11.5 Å². The lowest BCUT2D eigenvalue weighted by molar-refractivity contribution is 0.399. The van der Waals surface area contributed by atoms with Gasteiger partial charge in [-0.25, -0.2) is 4.98 Å². The smallest absolute Gasteiger partial charge is 0.169 e. The van der Waals surface area contributed by atoms with Gasteiger partial charge in [0.2, 0.25) is 0 Å². The van der Waals surface area contributed by atoms with E-state index in [1.165, 1.54) is 0 Å². The summed E-state index contributed by atoms with van der Waals surface area (Å²) >= 11 is 5.11. The Bertz CT molecular complexity index is 571. The van der Waals surface area contributed by atoms with Crippen LogP contribution in [0.15, 0.2) is 26.6 Å². The first-order valence-corrected chi connectivity index (χ1v) is 9.01. The lowest BCUT2D eigenvalue weighted by Crippen LogP contribution is -2.23. The van der Waals surface area contributed by atoms with Gasteiger partial charge in [0, 0.05) is 17.2 Å². The first-order valence-electron chi connectivity index (χ1n) is 7.33. The molecule has 2 rings (SSSR count). The molecule has 2 aromatic heterocycles. The van der Waals surface area contributed by atoms with Gasteiger partial charge in [-0.15, -0.1) is 11.3 Å². The minimum atomic E-state index is 0.106. The maximum absolute atomic E-state index is 5.72. The molecule has 0 aromatic carbocycles. The monoisotopic (exact) mass is 370 g/mol. The molecule has 1 unspecified atom stereocenters. The van der Waals surface area contributed by atoms with Crippen LogP contribution in [0, 0.1) is 0 Å². The molecule has 0 radical (unpaired) electrons. The van der Waals surface area contributed by atoms with Gasteiger partial charge in [-0.3, -0.25) is 0 Å². The minimum Gasteiger partial charge on any atom is -0.453 e. The molecule has 3 nitrogen and oxygen atoms in total. The van der Waals surface area contributed by atoms with E-state index in [0.29, 0.717) is 0 Å². The van der Waals surface area contributed by atoms with Crippen molar-refractivity contribution in [1.82, 2.24) is 10.3 Å². The SMILES string of the molecule is CCCNC(Cc1nc(C(C)(C)C)cs1)c1ccc(Br)o1. The summed E-state index contributed by atoms with van der Waals surface area (Å²) in [6.45, 7) is 9.73. The number of halogens is 1. The average molecular weight is 371 g/mol. The molecule has 2 heterocycles. The van der Waals surface area contributed by atoms with Crippen LogP contribution >= 0.6 is 27.3 Å². The van der Waals surface area contributed by atoms with E-state index >= 15 is 0 Å². The first kappa shape index (κ1) is 16.7. The Labute approximate surface area is 139 Å². The van der Waals surface area contributed by atoms with Crippen molar-refractivity contribution in [1.29, 1.82) is 0 Å². The average Bonchev–Trinajstić information content (AvgIpc) is 3.02. The molecule has 0 saturated heterocycles. The van der Waals surface area contributed by atoms with Crippen LogP contribution < -0.4 is 5.32 Å². The van der Waals surface area contributed by atoms with Crippen molar-refractivity contribution >= 4 is 27.3 Å². The van der Waals surface area contributed by atoms with Gasteiger partial charge in [-0.2, -0.15) is 0 Å². The highest BCUT2D eigenvalue weighted by molar-refractivity contribution is 9.10. The van der Waals surface area contributed by atoms with Crippen LogP contribution in [0.1, 0.15) is 56.6 Å². The Hall–Kier alpha value is -0.650. The van der Waals surface area contributed by atoms with Crippen molar-refractivity contribution in [2.45, 2.75) is 52.0 Å². The summed E-state index contributed by atoms with van der Waals surface area (Å²) in [6.07, 6.45) is 1.96. The zero-order valence-corrected chi connectivity index (χ0v) is 15.5. The Balaban J connectivity index is 2.13. The third-order valence-corrected chi connectivity index (χ3v) is 4.57. The van der Waals surface area contributed by atoms with E-state index in [-0.39, 0.29) is 11.5 Å². The first-order chi connectivity index (χ1) is 9.90. The van der Waals surface area contributed by atoms with Crippen LogP contribution in [0.2, 0.25) is 0 Å². The quantitative estimate of drug-likeness (QED) is 0.770. The fourth-order valence-corrected chi connectivity index (χ4v) is 3.42. The molecule has 0 aliphatic heterocycles. The summed E-state index contributed by atoms with van der Waals surface area (Å²) in [5.74, 6) is 0.961. The molecule has 21 heavy (non-hydrogen) atoms. The zero-order valence-electron chi connectivity index (χ0n) is 13.1. The van der Waals surface area contributed by atoms with Gasteiger partial charge in [-0.1, -0.05) is 27.7 Å². The highest BCUT2D eigenvalue weighted by Crippen LogP contribution is 2.28. The summed E-state index contributed by atoms with van der Waals surface area (Å²) in [5.41, 5.74) is 1.27. The summed E-state index contributed by atoms with van der Waals surface area (Å²) in [5, 5.41) is 6.87. The van der Waals surface area contributed by atoms with Gasteiger partial charge in [0.1, 0.15) is 5.76 Å². The van der Waals surface area contributed by atoms with Crippen LogP contribution in [-0.2, 0) is 11.8 Å². The predicted molar refractivity (Wildman–Crippen MR) is 92.0 cm³/mol. The Morgan fingerprint density at radius 3 is 2.67 bits per heavy atom. The highest BCUT2D eigenvalue weighted by Gasteiger charge is 2.21. The molecule has 0 aliphatic rings. The molecule has 1 N–H and O–H groups in total. The zero-order chi connectivity index (χ0) is 15.5. The van der Waals surface area contributed by atoms with Gasteiger partial charge in [0.15, 0.2) is 4.67 Å². The van der Waals surface area contributed by atoms with E-state index in [9.17, 15) is 0 Å². The van der Waals surface area contributed by atoms with E-state index in [0.717, 1.165) is 40.5 Å². The summed E-state index contributed by atoms with van der Waals surface area (Å²) in [6, 6.07) is 4.14. The molecular weight excluding hydrogens is 348 g/mol. The second-order valence-electron chi connectivity index (χ2n) is 6.23. The second kappa shape index (κ2) is 7.07. The van der Waals surface area contributed by atoms with Gasteiger partial charge in [0.05, 0.1) is 16.7 Å². The van der Waals surface area contributed by atoms with Crippen molar-refractivity contribution in [3.63, 3.8) is 0 Å². The number of aromatic nitrogens is 1. The number of nitrogens with zero attached hydrogens (tertiary/aromatic N) is 1. The molecule has 0 spiro atoms. The Morgan fingerprint density at radius 2 is 2.14 bits per heavy atom. The molecule has 0 amide bonds. The number of hydrogen-bond acceptors (Lipinski definition) is 4. The maximum Gasteiger partial charge on any atom is 0.169 e. The Morgan fingerprint density at radius 1 is 1.38 bits per heavy atom. The minimum absolute atomic E-state index is 0.106. The predicted octanol–water partition coefficient (Wildman–Crippen LogP) is 5.08. The molecule has 116 valence electrons. The fraction of sp³-hybridized carbons (Fsp3) is 0.562. The van der Waals surface area contributed by atoms with E-state index in [1.54, 1.807) is 11.3 Å². The van der Waals surface area contributed by atoms with E-state index in [2.05, 4.69) is 54.3 Å². The third kappa shape index (κ3) is 4.66. The fourth-order valence-electron chi connectivity index (χ4n) is 2.03. The van der Waals surface area contributed by atoms with E-state index in [1.807, 2.05) is 12.1 Å². The molecule has 0 bridgehead atoms.